The van der Waals surface area contributed by atoms with Gasteiger partial charge in [0.05, 0.1) is 10.2 Å². The second-order valence-corrected chi connectivity index (χ2v) is 11.8. The van der Waals surface area contributed by atoms with Gasteiger partial charge in [-0.05, 0) is 87.5 Å². The third kappa shape index (κ3) is 5.30. The second-order valence-electron chi connectivity index (χ2n) is 10.8. The van der Waals surface area contributed by atoms with Crippen LogP contribution in [0.15, 0.2) is 159 Å². The predicted molar refractivity (Wildman–Crippen MR) is 186 cm³/mol. The molecule has 0 aliphatic carbocycles. The maximum Gasteiger partial charge on any atom is 0.124 e. The molecule has 4 nitrogen and oxygen atoms in total. The molecule has 212 valence electrons. The van der Waals surface area contributed by atoms with E-state index < -0.39 is 0 Å². The summed E-state index contributed by atoms with van der Waals surface area (Å²) in [5, 5.41) is 1.02. The summed E-state index contributed by atoms with van der Waals surface area (Å²) in [5.41, 5.74) is 13.2. The molecule has 0 aliphatic heterocycles. The third-order valence-corrected chi connectivity index (χ3v) is 9.07. The molecule has 4 aromatic carbocycles. The Balaban J connectivity index is 1.35. The minimum absolute atomic E-state index is 1.02. The van der Waals surface area contributed by atoms with Gasteiger partial charge in [0.25, 0.3) is 0 Å². The van der Waals surface area contributed by atoms with Crippen molar-refractivity contribution in [2.75, 3.05) is 0 Å². The van der Waals surface area contributed by atoms with Gasteiger partial charge in [-0.3, -0.25) is 15.0 Å². The molecule has 5 heteroatoms. The molecule has 0 aliphatic rings. The molecule has 0 radical (unpaired) electrons. The normalized spacial score (nSPS) is 11.1. The zero-order chi connectivity index (χ0) is 30.0. The lowest BCUT2D eigenvalue weighted by Crippen LogP contribution is -1.94. The Morgan fingerprint density at radius 2 is 0.978 bits per heavy atom. The largest absolute Gasteiger partial charge is 0.264 e. The van der Waals surface area contributed by atoms with Crippen molar-refractivity contribution in [3.63, 3.8) is 0 Å². The lowest BCUT2D eigenvalue weighted by molar-refractivity contribution is 1.32. The highest BCUT2D eigenvalue weighted by Gasteiger charge is 2.18. The second kappa shape index (κ2) is 11.7. The van der Waals surface area contributed by atoms with Crippen LogP contribution in [-0.4, -0.2) is 19.9 Å². The van der Waals surface area contributed by atoms with Crippen molar-refractivity contribution in [3.8, 4) is 66.2 Å². The number of rotatable bonds is 6. The van der Waals surface area contributed by atoms with Crippen molar-refractivity contribution in [1.29, 1.82) is 0 Å². The average molecular weight is 595 g/mol. The summed E-state index contributed by atoms with van der Waals surface area (Å²) in [6.07, 6.45) is 11.2. The van der Waals surface area contributed by atoms with Gasteiger partial charge in [-0.2, -0.15) is 0 Å². The highest BCUT2D eigenvalue weighted by molar-refractivity contribution is 7.21. The van der Waals surface area contributed by atoms with E-state index in [1.807, 2.05) is 55.2 Å². The van der Waals surface area contributed by atoms with Crippen molar-refractivity contribution >= 4 is 21.6 Å². The van der Waals surface area contributed by atoms with Crippen molar-refractivity contribution < 1.29 is 0 Å². The molecule has 0 bridgehead atoms. The Morgan fingerprint density at radius 1 is 0.400 bits per heavy atom. The smallest absolute Gasteiger partial charge is 0.124 e. The van der Waals surface area contributed by atoms with E-state index in [0.717, 1.165) is 71.7 Å². The van der Waals surface area contributed by atoms with Crippen LogP contribution in [0.2, 0.25) is 0 Å². The van der Waals surface area contributed by atoms with Crippen LogP contribution in [0.1, 0.15) is 0 Å². The molecule has 0 atom stereocenters. The maximum absolute atomic E-state index is 4.90. The van der Waals surface area contributed by atoms with Gasteiger partial charge in [0.2, 0.25) is 0 Å². The summed E-state index contributed by atoms with van der Waals surface area (Å²) in [6, 6.07) is 42.6. The topological polar surface area (TPSA) is 51.6 Å². The van der Waals surface area contributed by atoms with Crippen LogP contribution < -0.4 is 0 Å². The highest BCUT2D eigenvalue weighted by Crippen LogP contribution is 2.44. The number of aromatic nitrogens is 4. The fraction of sp³-hybridized carbons (Fsp3) is 0. The van der Waals surface area contributed by atoms with Crippen LogP contribution in [0, 0.1) is 0 Å². The van der Waals surface area contributed by atoms with E-state index in [0.29, 0.717) is 0 Å². The van der Waals surface area contributed by atoms with Gasteiger partial charge in [0.1, 0.15) is 5.01 Å². The molecule has 0 N–H and O–H groups in total. The van der Waals surface area contributed by atoms with E-state index in [1.165, 1.54) is 4.70 Å². The maximum atomic E-state index is 4.90. The summed E-state index contributed by atoms with van der Waals surface area (Å²) >= 11 is 1.72. The minimum atomic E-state index is 1.02. The van der Waals surface area contributed by atoms with Crippen molar-refractivity contribution in [1.82, 2.24) is 19.9 Å². The van der Waals surface area contributed by atoms with Crippen molar-refractivity contribution in [3.05, 3.63) is 159 Å². The lowest BCUT2D eigenvalue weighted by atomic mass is 9.84. The molecule has 0 fully saturated rings. The Labute approximate surface area is 265 Å². The molecule has 0 spiro atoms. The van der Waals surface area contributed by atoms with E-state index in [-0.39, 0.29) is 0 Å². The van der Waals surface area contributed by atoms with Crippen LogP contribution in [0.3, 0.4) is 0 Å². The zero-order valence-corrected chi connectivity index (χ0v) is 25.0. The van der Waals surface area contributed by atoms with E-state index in [9.17, 15) is 0 Å². The number of hydrogen-bond donors (Lipinski definition) is 0. The Kier molecular flexibility index (Phi) is 6.98. The molecule has 45 heavy (non-hydrogen) atoms. The standard InChI is InChI=1S/C40H26N4S/c1-2-13-38-37(12-1)44-40(45-38)28-16-14-27(15-17-28)39-35(30-8-3-7-29(21-30)31-9-4-18-41-24-31)22-34(32-10-5-19-42-25-32)23-36(39)33-11-6-20-43-26-33/h1-26H. The molecule has 0 saturated heterocycles. The number of thiazole rings is 1. The number of hydrogen-bond acceptors (Lipinski definition) is 5. The molecule has 0 saturated carbocycles. The minimum Gasteiger partial charge on any atom is -0.264 e. The first kappa shape index (κ1) is 26.8. The fourth-order valence-electron chi connectivity index (χ4n) is 5.81. The SMILES string of the molecule is c1cncc(-c2cccc(-c3cc(-c4cccnc4)cc(-c4cccnc4)c3-c3ccc(-c4nc5ccccc5s4)cc3)c2)c1. The predicted octanol–water partition coefficient (Wildman–Crippen LogP) is 10.5. The molecule has 8 rings (SSSR count). The fourth-order valence-corrected chi connectivity index (χ4v) is 6.78. The van der Waals surface area contributed by atoms with Gasteiger partial charge in [-0.15, -0.1) is 11.3 Å². The average Bonchev–Trinajstić information content (AvgIpc) is 3.57. The first-order valence-corrected chi connectivity index (χ1v) is 15.6. The van der Waals surface area contributed by atoms with Crippen LogP contribution >= 0.6 is 11.3 Å². The van der Waals surface area contributed by atoms with Crippen LogP contribution in [0.25, 0.3) is 76.4 Å². The van der Waals surface area contributed by atoms with Crippen molar-refractivity contribution in [2.45, 2.75) is 0 Å². The number of para-hydroxylation sites is 1. The van der Waals surface area contributed by atoms with Crippen LogP contribution in [-0.2, 0) is 0 Å². The monoisotopic (exact) mass is 594 g/mol. The molecule has 0 unspecified atom stereocenters. The van der Waals surface area contributed by atoms with Gasteiger partial charge in [-0.1, -0.05) is 72.8 Å². The van der Waals surface area contributed by atoms with Crippen LogP contribution in [0.5, 0.6) is 0 Å². The summed E-state index contributed by atoms with van der Waals surface area (Å²) in [7, 11) is 0. The third-order valence-electron chi connectivity index (χ3n) is 7.99. The van der Waals surface area contributed by atoms with E-state index in [2.05, 4.69) is 112 Å². The van der Waals surface area contributed by atoms with Gasteiger partial charge in [0, 0.05) is 59.4 Å². The highest BCUT2D eigenvalue weighted by atomic mass is 32.1. The number of fused-ring (bicyclic) bond motifs is 1. The van der Waals surface area contributed by atoms with E-state index in [4.69, 9.17) is 4.98 Å². The van der Waals surface area contributed by atoms with Gasteiger partial charge in [-0.25, -0.2) is 4.98 Å². The van der Waals surface area contributed by atoms with E-state index >= 15 is 0 Å². The Bertz CT molecular complexity index is 2210. The van der Waals surface area contributed by atoms with Crippen LogP contribution in [0.4, 0.5) is 0 Å². The first-order chi connectivity index (χ1) is 22.3. The summed E-state index contributed by atoms with van der Waals surface area (Å²) < 4.78 is 1.19. The molecule has 4 aromatic heterocycles. The number of benzene rings is 4. The molecule has 0 amide bonds. The summed E-state index contributed by atoms with van der Waals surface area (Å²) in [5.74, 6) is 0. The summed E-state index contributed by atoms with van der Waals surface area (Å²) in [6.45, 7) is 0. The molecule has 8 aromatic rings. The molecule has 4 heterocycles. The van der Waals surface area contributed by atoms with Gasteiger partial charge < -0.3 is 0 Å². The number of nitrogens with zero attached hydrogens (tertiary/aromatic N) is 4. The Morgan fingerprint density at radius 3 is 1.64 bits per heavy atom. The first-order valence-electron chi connectivity index (χ1n) is 14.8. The van der Waals surface area contributed by atoms with Gasteiger partial charge in [0.15, 0.2) is 0 Å². The number of pyridine rings is 3. The van der Waals surface area contributed by atoms with Crippen molar-refractivity contribution in [2.24, 2.45) is 0 Å². The zero-order valence-electron chi connectivity index (χ0n) is 24.2. The lowest BCUT2D eigenvalue weighted by Gasteiger charge is -2.19. The summed E-state index contributed by atoms with van der Waals surface area (Å²) in [4.78, 5) is 18.2. The van der Waals surface area contributed by atoms with E-state index in [1.54, 1.807) is 17.5 Å². The quantitative estimate of drug-likeness (QED) is 0.192. The van der Waals surface area contributed by atoms with Gasteiger partial charge >= 0.3 is 0 Å². The molecular weight excluding hydrogens is 569 g/mol. The Hall–Kier alpha value is -5.78. The molecular formula is C40H26N4S.